The van der Waals surface area contributed by atoms with Crippen molar-refractivity contribution in [3.63, 3.8) is 0 Å². The van der Waals surface area contributed by atoms with Gasteiger partial charge in [-0.15, -0.1) is 0 Å². The first-order chi connectivity index (χ1) is 9.52. The maximum Gasteiger partial charge on any atom is 0.330 e. The van der Waals surface area contributed by atoms with Crippen LogP contribution in [-0.2, 0) is 13.1 Å². The van der Waals surface area contributed by atoms with E-state index in [1.165, 1.54) is 4.57 Å². The Bertz CT molecular complexity index is 736. The van der Waals surface area contributed by atoms with Crippen molar-refractivity contribution >= 4 is 23.1 Å². The number of halogens is 1. The normalized spacial score (nSPS) is 10.5. The molecule has 0 aliphatic carbocycles. The summed E-state index contributed by atoms with van der Waals surface area (Å²) in [7, 11) is 0. The summed E-state index contributed by atoms with van der Waals surface area (Å²) in [6.07, 6.45) is 0. The average Bonchev–Trinajstić information content (AvgIpc) is 2.38. The van der Waals surface area contributed by atoms with Gasteiger partial charge in [0.25, 0.3) is 5.56 Å². The monoisotopic (exact) mass is 294 g/mol. The van der Waals surface area contributed by atoms with Gasteiger partial charge < -0.3 is 11.1 Å². The molecule has 106 valence electrons. The molecule has 0 spiro atoms. The summed E-state index contributed by atoms with van der Waals surface area (Å²) >= 11 is 5.89. The highest BCUT2D eigenvalue weighted by molar-refractivity contribution is 6.30. The molecule has 0 saturated carbocycles. The van der Waals surface area contributed by atoms with Gasteiger partial charge in [-0.25, -0.2) is 4.79 Å². The zero-order valence-corrected chi connectivity index (χ0v) is 11.7. The van der Waals surface area contributed by atoms with Gasteiger partial charge >= 0.3 is 5.69 Å². The van der Waals surface area contributed by atoms with E-state index in [2.05, 4.69) is 10.3 Å². The molecule has 0 atom stereocenters. The fourth-order valence-electron chi connectivity index (χ4n) is 1.91. The van der Waals surface area contributed by atoms with Gasteiger partial charge in [-0.05, 0) is 24.6 Å². The predicted molar refractivity (Wildman–Crippen MR) is 80.2 cm³/mol. The van der Waals surface area contributed by atoms with Gasteiger partial charge in [-0.2, -0.15) is 0 Å². The lowest BCUT2D eigenvalue weighted by atomic mass is 10.2. The SMILES string of the molecule is CCn1c(N)c(NCc2cccc(Cl)c2)c(=O)[nH]c1=O. The molecule has 2 aromatic rings. The summed E-state index contributed by atoms with van der Waals surface area (Å²) in [6, 6.07) is 7.25. The lowest BCUT2D eigenvalue weighted by molar-refractivity contribution is 0.706. The molecule has 2 rings (SSSR count). The van der Waals surface area contributed by atoms with Gasteiger partial charge in [0, 0.05) is 18.1 Å². The third kappa shape index (κ3) is 2.85. The molecule has 6 nitrogen and oxygen atoms in total. The number of anilines is 2. The molecule has 0 amide bonds. The van der Waals surface area contributed by atoms with E-state index in [1.807, 2.05) is 12.1 Å². The van der Waals surface area contributed by atoms with Gasteiger partial charge in [0.05, 0.1) is 0 Å². The third-order valence-electron chi connectivity index (χ3n) is 2.91. The average molecular weight is 295 g/mol. The van der Waals surface area contributed by atoms with Crippen LogP contribution < -0.4 is 22.3 Å². The summed E-state index contributed by atoms with van der Waals surface area (Å²) in [5.41, 5.74) is 5.90. The van der Waals surface area contributed by atoms with Crippen LogP contribution in [0.2, 0.25) is 5.02 Å². The second-order valence-electron chi connectivity index (χ2n) is 4.25. The molecule has 4 N–H and O–H groups in total. The number of nitrogens with zero attached hydrogens (tertiary/aromatic N) is 1. The number of H-pyrrole nitrogens is 1. The summed E-state index contributed by atoms with van der Waals surface area (Å²) in [6.45, 7) is 2.54. The number of benzene rings is 1. The van der Waals surface area contributed by atoms with Gasteiger partial charge in [0.2, 0.25) is 0 Å². The first kappa shape index (κ1) is 14.2. The first-order valence-corrected chi connectivity index (χ1v) is 6.51. The molecule has 0 aliphatic heterocycles. The van der Waals surface area contributed by atoms with Crippen LogP contribution in [0.25, 0.3) is 0 Å². The van der Waals surface area contributed by atoms with Crippen molar-refractivity contribution in [2.45, 2.75) is 20.0 Å². The number of hydrogen-bond donors (Lipinski definition) is 3. The Morgan fingerprint density at radius 3 is 2.80 bits per heavy atom. The van der Waals surface area contributed by atoms with Crippen molar-refractivity contribution in [2.24, 2.45) is 0 Å². The third-order valence-corrected chi connectivity index (χ3v) is 3.15. The van der Waals surface area contributed by atoms with Crippen molar-refractivity contribution in [1.29, 1.82) is 0 Å². The lowest BCUT2D eigenvalue weighted by Crippen LogP contribution is -2.33. The Hall–Kier alpha value is -2.21. The van der Waals surface area contributed by atoms with Crippen LogP contribution in [0.15, 0.2) is 33.9 Å². The summed E-state index contributed by atoms with van der Waals surface area (Å²) in [5.74, 6) is 0.128. The summed E-state index contributed by atoms with van der Waals surface area (Å²) in [5, 5.41) is 3.56. The number of hydrogen-bond acceptors (Lipinski definition) is 4. The molecule has 0 unspecified atom stereocenters. The highest BCUT2D eigenvalue weighted by atomic mass is 35.5. The largest absolute Gasteiger partial charge is 0.383 e. The van der Waals surface area contributed by atoms with Gasteiger partial charge in [-0.1, -0.05) is 23.7 Å². The maximum atomic E-state index is 11.8. The smallest absolute Gasteiger partial charge is 0.330 e. The molecule has 1 aromatic carbocycles. The van der Waals surface area contributed by atoms with E-state index < -0.39 is 11.2 Å². The van der Waals surface area contributed by atoms with Crippen molar-refractivity contribution in [3.05, 3.63) is 55.7 Å². The van der Waals surface area contributed by atoms with Gasteiger partial charge in [0.15, 0.2) is 0 Å². The van der Waals surface area contributed by atoms with Crippen molar-refractivity contribution < 1.29 is 0 Å². The van der Waals surface area contributed by atoms with Crippen molar-refractivity contribution in [2.75, 3.05) is 11.1 Å². The van der Waals surface area contributed by atoms with Crippen LogP contribution in [0.1, 0.15) is 12.5 Å². The van der Waals surface area contributed by atoms with E-state index in [0.717, 1.165) is 5.56 Å². The maximum absolute atomic E-state index is 11.8. The predicted octanol–water partition coefficient (Wildman–Crippen LogP) is 1.40. The fourth-order valence-corrected chi connectivity index (χ4v) is 2.12. The quantitative estimate of drug-likeness (QED) is 0.795. The Kier molecular flexibility index (Phi) is 4.14. The molecule has 0 radical (unpaired) electrons. The van der Waals surface area contributed by atoms with Gasteiger partial charge in [0.1, 0.15) is 11.5 Å². The molecule has 0 aliphatic rings. The minimum Gasteiger partial charge on any atom is -0.383 e. The molecule has 7 heteroatoms. The first-order valence-electron chi connectivity index (χ1n) is 6.13. The van der Waals surface area contributed by atoms with Crippen LogP contribution in [0.4, 0.5) is 11.5 Å². The molecular formula is C13H15ClN4O2. The van der Waals surface area contributed by atoms with Crippen LogP contribution in [0, 0.1) is 0 Å². The molecular weight excluding hydrogens is 280 g/mol. The Morgan fingerprint density at radius 2 is 2.15 bits per heavy atom. The number of rotatable bonds is 4. The highest BCUT2D eigenvalue weighted by Gasteiger charge is 2.10. The minimum atomic E-state index is -0.528. The van der Waals surface area contributed by atoms with Crippen molar-refractivity contribution in [1.82, 2.24) is 9.55 Å². The Balaban J connectivity index is 2.30. The van der Waals surface area contributed by atoms with E-state index in [0.29, 0.717) is 18.1 Å². The fraction of sp³-hybridized carbons (Fsp3) is 0.231. The van der Waals surface area contributed by atoms with E-state index in [9.17, 15) is 9.59 Å². The second kappa shape index (κ2) is 5.83. The van der Waals surface area contributed by atoms with E-state index >= 15 is 0 Å². The lowest BCUT2D eigenvalue weighted by Gasteiger charge is -2.12. The van der Waals surface area contributed by atoms with Gasteiger partial charge in [-0.3, -0.25) is 14.3 Å². The topological polar surface area (TPSA) is 92.9 Å². The van der Waals surface area contributed by atoms with Crippen molar-refractivity contribution in [3.8, 4) is 0 Å². The molecule has 1 aromatic heterocycles. The molecule has 0 fully saturated rings. The second-order valence-corrected chi connectivity index (χ2v) is 4.68. The Labute approximate surface area is 120 Å². The zero-order chi connectivity index (χ0) is 14.7. The Morgan fingerprint density at radius 1 is 1.40 bits per heavy atom. The number of nitrogens with one attached hydrogen (secondary N) is 2. The van der Waals surface area contributed by atoms with Crippen LogP contribution >= 0.6 is 11.6 Å². The molecule has 0 bridgehead atoms. The molecule has 1 heterocycles. The van der Waals surface area contributed by atoms with Crippen LogP contribution in [-0.4, -0.2) is 9.55 Å². The van der Waals surface area contributed by atoms with Crippen LogP contribution in [0.3, 0.4) is 0 Å². The van der Waals surface area contributed by atoms with E-state index in [4.69, 9.17) is 17.3 Å². The zero-order valence-electron chi connectivity index (χ0n) is 10.9. The summed E-state index contributed by atoms with van der Waals surface area (Å²) in [4.78, 5) is 25.6. The van der Waals surface area contributed by atoms with E-state index in [1.54, 1.807) is 19.1 Å². The highest BCUT2D eigenvalue weighted by Crippen LogP contribution is 2.14. The summed E-state index contributed by atoms with van der Waals surface area (Å²) < 4.78 is 1.29. The van der Waals surface area contributed by atoms with E-state index in [-0.39, 0.29) is 11.5 Å². The molecule has 20 heavy (non-hydrogen) atoms. The standard InChI is InChI=1S/C13H15ClN4O2/c1-2-18-11(15)10(12(19)17-13(18)20)16-7-8-4-3-5-9(14)6-8/h3-6,16H,2,7,15H2,1H3,(H,17,19,20). The molecule has 0 saturated heterocycles. The number of nitrogen functional groups attached to an aromatic ring is 1. The number of aromatic amines is 1. The number of nitrogens with two attached hydrogens (primary N) is 1. The number of aromatic nitrogens is 2. The van der Waals surface area contributed by atoms with Crippen LogP contribution in [0.5, 0.6) is 0 Å². The minimum absolute atomic E-state index is 0.128.